The molecule has 1 aliphatic heterocycles. The van der Waals surface area contributed by atoms with Gasteiger partial charge in [0, 0.05) is 0 Å². The minimum absolute atomic E-state index is 0.0750. The quantitative estimate of drug-likeness (QED) is 0.602. The fourth-order valence-corrected chi connectivity index (χ4v) is 4.97. The molecule has 5 atom stereocenters. The molecule has 5 rings (SSSR count). The van der Waals surface area contributed by atoms with E-state index in [1.54, 1.807) is 12.4 Å². The van der Waals surface area contributed by atoms with Crippen LogP contribution in [0.25, 0.3) is 11.2 Å². The van der Waals surface area contributed by atoms with Crippen LogP contribution in [0, 0.1) is 11.3 Å². The Balaban J connectivity index is 1.66. The van der Waals surface area contributed by atoms with Crippen LogP contribution in [0.2, 0.25) is 10.2 Å². The first-order valence-electron chi connectivity index (χ1n) is 7.87. The predicted molar refractivity (Wildman–Crippen MR) is 87.0 cm³/mol. The van der Waals surface area contributed by atoms with E-state index in [-0.39, 0.29) is 24.2 Å². The second kappa shape index (κ2) is 4.49. The number of rotatable bonds is 2. The standard InChI is InChI=1S/C16H15Cl2N3O3/c1-15(2)23-12-11(7-4-16(7,5-22)13(12)24-15)21-6-19-10-8(17)3-9(18)20-14(10)21/h3,5-7,11-13H,4H2,1-2H3/t7-,11-,12+,13+,16+/m1/s1. The molecule has 0 amide bonds. The van der Waals surface area contributed by atoms with Gasteiger partial charge in [-0.15, -0.1) is 0 Å². The number of carbonyl (C=O) groups excluding carboxylic acids is 1. The van der Waals surface area contributed by atoms with Crippen LogP contribution in [-0.4, -0.2) is 38.8 Å². The lowest BCUT2D eigenvalue weighted by molar-refractivity contribution is -0.161. The van der Waals surface area contributed by atoms with Crippen molar-refractivity contribution >= 4 is 40.7 Å². The third-order valence-corrected chi connectivity index (χ3v) is 5.99. The van der Waals surface area contributed by atoms with Crippen molar-refractivity contribution in [3.63, 3.8) is 0 Å². The summed E-state index contributed by atoms with van der Waals surface area (Å²) in [4.78, 5) is 20.6. The molecule has 3 fully saturated rings. The Kier molecular flexibility index (Phi) is 2.82. The number of carbonyl (C=O) groups is 1. The second-order valence-electron chi connectivity index (χ2n) is 7.30. The molecule has 3 aliphatic rings. The average Bonchev–Trinajstić information content (AvgIpc) is 2.78. The Morgan fingerprint density at radius 3 is 2.92 bits per heavy atom. The van der Waals surface area contributed by atoms with Gasteiger partial charge in [-0.3, -0.25) is 0 Å². The third kappa shape index (κ3) is 1.77. The molecule has 2 aromatic rings. The number of pyridine rings is 1. The van der Waals surface area contributed by atoms with Crippen LogP contribution in [-0.2, 0) is 14.3 Å². The first kappa shape index (κ1) is 15.1. The van der Waals surface area contributed by atoms with E-state index >= 15 is 0 Å². The number of hydrogen-bond acceptors (Lipinski definition) is 5. The molecule has 0 N–H and O–H groups in total. The van der Waals surface area contributed by atoms with E-state index in [0.29, 0.717) is 21.3 Å². The van der Waals surface area contributed by atoms with Gasteiger partial charge >= 0.3 is 0 Å². The van der Waals surface area contributed by atoms with Crippen molar-refractivity contribution in [3.8, 4) is 0 Å². The number of nitrogens with zero attached hydrogens (tertiary/aromatic N) is 3. The van der Waals surface area contributed by atoms with Crippen molar-refractivity contribution in [2.75, 3.05) is 0 Å². The number of fused-ring (bicyclic) bond motifs is 4. The summed E-state index contributed by atoms with van der Waals surface area (Å²) in [5, 5.41) is 0.768. The van der Waals surface area contributed by atoms with Crippen molar-refractivity contribution in [1.29, 1.82) is 0 Å². The van der Waals surface area contributed by atoms with Crippen LogP contribution in [0.1, 0.15) is 26.3 Å². The van der Waals surface area contributed by atoms with Gasteiger partial charge in [-0.25, -0.2) is 9.97 Å². The zero-order valence-corrected chi connectivity index (χ0v) is 14.6. The summed E-state index contributed by atoms with van der Waals surface area (Å²) in [6.07, 6.45) is 3.06. The maximum Gasteiger partial charge on any atom is 0.163 e. The van der Waals surface area contributed by atoms with Crippen molar-refractivity contribution in [3.05, 3.63) is 22.6 Å². The van der Waals surface area contributed by atoms with E-state index in [1.165, 1.54) is 0 Å². The summed E-state index contributed by atoms with van der Waals surface area (Å²) in [5.74, 6) is -0.561. The number of hydrogen-bond donors (Lipinski definition) is 0. The van der Waals surface area contributed by atoms with Gasteiger partial charge in [0.15, 0.2) is 11.4 Å². The maximum atomic E-state index is 11.8. The minimum atomic E-state index is -0.712. The smallest absolute Gasteiger partial charge is 0.163 e. The van der Waals surface area contributed by atoms with E-state index in [0.717, 1.165) is 12.7 Å². The minimum Gasteiger partial charge on any atom is -0.343 e. The Morgan fingerprint density at radius 2 is 2.17 bits per heavy atom. The molecule has 0 unspecified atom stereocenters. The molecule has 0 radical (unpaired) electrons. The summed E-state index contributed by atoms with van der Waals surface area (Å²) in [5.41, 5.74) is 0.736. The molecule has 0 bridgehead atoms. The highest BCUT2D eigenvalue weighted by molar-refractivity contribution is 6.37. The summed E-state index contributed by atoms with van der Waals surface area (Å²) in [6.45, 7) is 3.74. The highest BCUT2D eigenvalue weighted by Gasteiger charge is 2.76. The molecule has 0 aromatic carbocycles. The van der Waals surface area contributed by atoms with Crippen molar-refractivity contribution in [2.45, 2.75) is 44.3 Å². The van der Waals surface area contributed by atoms with Gasteiger partial charge < -0.3 is 18.8 Å². The normalized spacial score (nSPS) is 39.0. The van der Waals surface area contributed by atoms with Crippen LogP contribution in [0.3, 0.4) is 0 Å². The molecule has 8 heteroatoms. The first-order chi connectivity index (χ1) is 11.4. The fourth-order valence-electron chi connectivity index (χ4n) is 4.48. The van der Waals surface area contributed by atoms with Crippen LogP contribution < -0.4 is 0 Å². The zero-order valence-electron chi connectivity index (χ0n) is 13.1. The van der Waals surface area contributed by atoms with Gasteiger partial charge in [-0.05, 0) is 32.3 Å². The molecule has 2 aromatic heterocycles. The van der Waals surface area contributed by atoms with Crippen molar-refractivity contribution in [1.82, 2.24) is 14.5 Å². The SMILES string of the molecule is CC1(C)O[C@H]2[C@H](n3cnc4c(Cl)cc(Cl)nc43)[C@H]3C[C@@]3(C=O)[C@H]2O1. The Morgan fingerprint density at radius 1 is 1.38 bits per heavy atom. The van der Waals surface area contributed by atoms with Gasteiger partial charge in [0.2, 0.25) is 0 Å². The van der Waals surface area contributed by atoms with Crippen molar-refractivity contribution < 1.29 is 14.3 Å². The van der Waals surface area contributed by atoms with E-state index in [9.17, 15) is 4.79 Å². The Hall–Kier alpha value is -1.21. The lowest BCUT2D eigenvalue weighted by atomic mass is 10.0. The molecule has 2 aliphatic carbocycles. The highest BCUT2D eigenvalue weighted by Crippen LogP contribution is 2.70. The van der Waals surface area contributed by atoms with Crippen LogP contribution in [0.5, 0.6) is 0 Å². The molecule has 0 spiro atoms. The van der Waals surface area contributed by atoms with Crippen LogP contribution in [0.4, 0.5) is 0 Å². The fraction of sp³-hybridized carbons (Fsp3) is 0.562. The van der Waals surface area contributed by atoms with Gasteiger partial charge in [0.1, 0.15) is 29.2 Å². The molecule has 1 saturated heterocycles. The number of ether oxygens (including phenoxy) is 2. The topological polar surface area (TPSA) is 66.2 Å². The lowest BCUT2D eigenvalue weighted by Crippen LogP contribution is -2.32. The van der Waals surface area contributed by atoms with E-state index < -0.39 is 11.2 Å². The number of aromatic nitrogens is 3. The largest absolute Gasteiger partial charge is 0.343 e. The number of aldehydes is 1. The summed E-state index contributed by atoms with van der Waals surface area (Å²) >= 11 is 12.3. The molecular weight excluding hydrogens is 353 g/mol. The average molecular weight is 368 g/mol. The Labute approximate surface area is 148 Å². The third-order valence-electron chi connectivity index (χ3n) is 5.50. The first-order valence-corrected chi connectivity index (χ1v) is 8.62. The Bertz CT molecular complexity index is 883. The van der Waals surface area contributed by atoms with Crippen LogP contribution >= 0.6 is 23.2 Å². The lowest BCUT2D eigenvalue weighted by Gasteiger charge is -2.24. The summed E-state index contributed by atoms with van der Waals surface area (Å²) in [6, 6.07) is 1.50. The monoisotopic (exact) mass is 367 g/mol. The number of halogens is 2. The molecule has 24 heavy (non-hydrogen) atoms. The summed E-state index contributed by atoms with van der Waals surface area (Å²) in [7, 11) is 0. The van der Waals surface area contributed by atoms with Crippen LogP contribution in [0.15, 0.2) is 12.4 Å². The molecule has 2 saturated carbocycles. The summed E-state index contributed by atoms with van der Waals surface area (Å²) < 4.78 is 14.1. The van der Waals surface area contributed by atoms with E-state index in [1.807, 2.05) is 18.4 Å². The number of imidazole rings is 1. The van der Waals surface area contributed by atoms with Crippen molar-refractivity contribution in [2.24, 2.45) is 11.3 Å². The highest BCUT2D eigenvalue weighted by atomic mass is 35.5. The molecular formula is C16H15Cl2N3O3. The van der Waals surface area contributed by atoms with Gasteiger partial charge in [0.25, 0.3) is 0 Å². The van der Waals surface area contributed by atoms with Gasteiger partial charge in [-0.1, -0.05) is 23.2 Å². The predicted octanol–water partition coefficient (Wildman–Crippen LogP) is 3.02. The second-order valence-corrected chi connectivity index (χ2v) is 8.10. The molecule has 6 nitrogen and oxygen atoms in total. The molecule has 126 valence electrons. The van der Waals surface area contributed by atoms with Gasteiger partial charge in [0.05, 0.1) is 22.8 Å². The zero-order chi connectivity index (χ0) is 16.9. The maximum absolute atomic E-state index is 11.8. The van der Waals surface area contributed by atoms with E-state index in [4.69, 9.17) is 32.7 Å². The van der Waals surface area contributed by atoms with E-state index in [2.05, 4.69) is 9.97 Å². The van der Waals surface area contributed by atoms with Gasteiger partial charge in [-0.2, -0.15) is 0 Å². The molecule has 3 heterocycles.